The van der Waals surface area contributed by atoms with Gasteiger partial charge in [-0.1, -0.05) is 25.0 Å². The van der Waals surface area contributed by atoms with Gasteiger partial charge in [-0.3, -0.25) is 19.5 Å². The maximum Gasteiger partial charge on any atom is 0.254 e. The number of amides is 2. The minimum Gasteiger partial charge on any atom is -0.349 e. The number of nitrogens with one attached hydrogen (secondary N) is 1. The molecule has 1 aromatic heterocycles. The molecule has 4 rings (SSSR count). The van der Waals surface area contributed by atoms with E-state index in [1.165, 1.54) is 12.1 Å². The zero-order chi connectivity index (χ0) is 21.6. The van der Waals surface area contributed by atoms with E-state index in [9.17, 15) is 14.0 Å². The summed E-state index contributed by atoms with van der Waals surface area (Å²) in [6.45, 7) is 2.76. The van der Waals surface area contributed by atoms with Gasteiger partial charge < -0.3 is 10.2 Å². The van der Waals surface area contributed by atoms with E-state index in [0.29, 0.717) is 44.2 Å². The molecule has 31 heavy (non-hydrogen) atoms. The van der Waals surface area contributed by atoms with E-state index in [-0.39, 0.29) is 17.9 Å². The van der Waals surface area contributed by atoms with Crippen molar-refractivity contribution >= 4 is 11.8 Å². The summed E-state index contributed by atoms with van der Waals surface area (Å²) in [6, 6.07) is 11.3. The highest BCUT2D eigenvalue weighted by molar-refractivity contribution is 5.94. The molecule has 6 nitrogen and oxygen atoms in total. The van der Waals surface area contributed by atoms with Gasteiger partial charge in [0.1, 0.15) is 5.82 Å². The fraction of sp³-hybridized carbons (Fsp3) is 0.458. The Bertz CT molecular complexity index is 893. The minimum absolute atomic E-state index is 0.0439. The molecule has 1 aliphatic heterocycles. The summed E-state index contributed by atoms with van der Waals surface area (Å²) in [6.07, 6.45) is 6.17. The number of aromatic nitrogens is 1. The molecular formula is C24H29FN4O2. The third-order valence-corrected chi connectivity index (χ3v) is 6.35. The largest absolute Gasteiger partial charge is 0.349 e. The fourth-order valence-corrected chi connectivity index (χ4v) is 4.74. The summed E-state index contributed by atoms with van der Waals surface area (Å²) >= 11 is 0. The molecule has 1 aliphatic carbocycles. The number of pyridine rings is 1. The third kappa shape index (κ3) is 5.28. The Labute approximate surface area is 182 Å². The van der Waals surface area contributed by atoms with Crippen LogP contribution in [0.15, 0.2) is 48.7 Å². The summed E-state index contributed by atoms with van der Waals surface area (Å²) in [5, 5.41) is 3.07. The van der Waals surface area contributed by atoms with Crippen LogP contribution in [-0.4, -0.2) is 58.8 Å². The highest BCUT2D eigenvalue weighted by atomic mass is 19.1. The standard InChI is InChI=1S/C24H29FN4O2/c25-20-9-5-8-19(16-20)24(31)29-14-12-28(13-15-29)22(18-6-1-2-7-18)23(30)27-17-21-10-3-4-11-26-21/h3-5,8-11,16,18,22H,1-2,6-7,12-15,17H2,(H,27,30). The second kappa shape index (κ2) is 10.0. The number of nitrogens with zero attached hydrogens (tertiary/aromatic N) is 3. The van der Waals surface area contributed by atoms with Gasteiger partial charge >= 0.3 is 0 Å². The van der Waals surface area contributed by atoms with Crippen molar-refractivity contribution in [3.8, 4) is 0 Å². The molecule has 0 spiro atoms. The lowest BCUT2D eigenvalue weighted by Gasteiger charge is -2.40. The number of hydrogen-bond donors (Lipinski definition) is 1. The highest BCUT2D eigenvalue weighted by Gasteiger charge is 2.37. The monoisotopic (exact) mass is 424 g/mol. The Balaban J connectivity index is 1.39. The van der Waals surface area contributed by atoms with Gasteiger partial charge in [-0.15, -0.1) is 0 Å². The number of carbonyl (C=O) groups excluding carboxylic acids is 2. The van der Waals surface area contributed by atoms with Gasteiger partial charge in [-0.2, -0.15) is 0 Å². The number of benzene rings is 1. The Morgan fingerprint density at radius 1 is 1.06 bits per heavy atom. The normalized spacial score (nSPS) is 18.7. The zero-order valence-electron chi connectivity index (χ0n) is 17.7. The van der Waals surface area contributed by atoms with Crippen LogP contribution in [0.25, 0.3) is 0 Å². The second-order valence-electron chi connectivity index (χ2n) is 8.37. The topological polar surface area (TPSA) is 65.5 Å². The lowest BCUT2D eigenvalue weighted by atomic mass is 9.95. The van der Waals surface area contributed by atoms with Crippen LogP contribution in [0.4, 0.5) is 4.39 Å². The molecule has 2 aromatic rings. The van der Waals surface area contributed by atoms with Gasteiger partial charge in [0.15, 0.2) is 0 Å². The lowest BCUT2D eigenvalue weighted by Crippen LogP contribution is -2.57. The molecule has 164 valence electrons. The number of halogens is 1. The number of carbonyl (C=O) groups is 2. The van der Waals surface area contributed by atoms with E-state index in [4.69, 9.17) is 0 Å². The van der Waals surface area contributed by atoms with Crippen LogP contribution in [-0.2, 0) is 11.3 Å². The molecule has 1 atom stereocenters. The highest BCUT2D eigenvalue weighted by Crippen LogP contribution is 2.31. The van der Waals surface area contributed by atoms with Crippen molar-refractivity contribution < 1.29 is 14.0 Å². The minimum atomic E-state index is -0.407. The van der Waals surface area contributed by atoms with Gasteiger partial charge in [-0.25, -0.2) is 4.39 Å². The fourth-order valence-electron chi connectivity index (χ4n) is 4.74. The van der Waals surface area contributed by atoms with Gasteiger partial charge in [0.2, 0.25) is 5.91 Å². The van der Waals surface area contributed by atoms with E-state index in [2.05, 4.69) is 15.2 Å². The molecule has 1 saturated heterocycles. The molecule has 1 unspecified atom stereocenters. The Morgan fingerprint density at radius 2 is 1.84 bits per heavy atom. The van der Waals surface area contributed by atoms with Crippen molar-refractivity contribution in [3.05, 3.63) is 65.7 Å². The third-order valence-electron chi connectivity index (χ3n) is 6.35. The van der Waals surface area contributed by atoms with Crippen molar-refractivity contribution in [3.63, 3.8) is 0 Å². The Morgan fingerprint density at radius 3 is 2.52 bits per heavy atom. The van der Waals surface area contributed by atoms with Crippen molar-refractivity contribution in [2.75, 3.05) is 26.2 Å². The first kappa shape index (κ1) is 21.4. The number of hydrogen-bond acceptors (Lipinski definition) is 4. The summed E-state index contributed by atoms with van der Waals surface area (Å²) < 4.78 is 13.5. The molecule has 1 aromatic carbocycles. The molecule has 0 bridgehead atoms. The van der Waals surface area contributed by atoms with E-state index in [1.807, 2.05) is 18.2 Å². The average Bonchev–Trinajstić information content (AvgIpc) is 3.33. The van der Waals surface area contributed by atoms with Crippen LogP contribution in [0.3, 0.4) is 0 Å². The van der Waals surface area contributed by atoms with E-state index < -0.39 is 5.82 Å². The number of rotatable bonds is 6. The maximum atomic E-state index is 13.5. The summed E-state index contributed by atoms with van der Waals surface area (Å²) in [5.74, 6) is -0.178. The smallest absolute Gasteiger partial charge is 0.254 e. The molecule has 2 heterocycles. The molecule has 2 amide bonds. The summed E-state index contributed by atoms with van der Waals surface area (Å²) in [5.41, 5.74) is 1.21. The molecule has 2 aliphatic rings. The van der Waals surface area contributed by atoms with Crippen LogP contribution < -0.4 is 5.32 Å². The van der Waals surface area contributed by atoms with Crippen molar-refractivity contribution in [1.82, 2.24) is 20.1 Å². The first-order chi connectivity index (χ1) is 15.1. The van der Waals surface area contributed by atoms with E-state index in [1.54, 1.807) is 23.2 Å². The first-order valence-corrected chi connectivity index (χ1v) is 11.1. The van der Waals surface area contributed by atoms with Crippen LogP contribution in [0.1, 0.15) is 41.7 Å². The maximum absolute atomic E-state index is 13.5. The van der Waals surface area contributed by atoms with E-state index in [0.717, 1.165) is 31.4 Å². The van der Waals surface area contributed by atoms with Crippen LogP contribution in [0, 0.1) is 11.7 Å². The molecule has 1 saturated carbocycles. The SMILES string of the molecule is O=C(NCc1ccccn1)C(C1CCCC1)N1CCN(C(=O)c2cccc(F)c2)CC1. The summed E-state index contributed by atoms with van der Waals surface area (Å²) in [4.78, 5) is 34.2. The van der Waals surface area contributed by atoms with Gasteiger partial charge in [0, 0.05) is 37.9 Å². The summed E-state index contributed by atoms with van der Waals surface area (Å²) in [7, 11) is 0. The van der Waals surface area contributed by atoms with Crippen molar-refractivity contribution in [2.24, 2.45) is 5.92 Å². The molecule has 1 N–H and O–H groups in total. The predicted molar refractivity (Wildman–Crippen MR) is 116 cm³/mol. The van der Waals surface area contributed by atoms with Crippen LogP contribution >= 0.6 is 0 Å². The van der Waals surface area contributed by atoms with Gasteiger partial charge in [0.05, 0.1) is 18.3 Å². The number of piperazine rings is 1. The Kier molecular flexibility index (Phi) is 6.92. The van der Waals surface area contributed by atoms with Gasteiger partial charge in [0.25, 0.3) is 5.91 Å². The molecule has 0 radical (unpaired) electrons. The van der Waals surface area contributed by atoms with E-state index >= 15 is 0 Å². The second-order valence-corrected chi connectivity index (χ2v) is 8.37. The molecule has 7 heteroatoms. The predicted octanol–water partition coefficient (Wildman–Crippen LogP) is 2.85. The zero-order valence-corrected chi connectivity index (χ0v) is 17.7. The Hall–Kier alpha value is -2.80. The van der Waals surface area contributed by atoms with Gasteiger partial charge in [-0.05, 0) is 49.1 Å². The quantitative estimate of drug-likeness (QED) is 0.775. The first-order valence-electron chi connectivity index (χ1n) is 11.1. The molecular weight excluding hydrogens is 395 g/mol. The lowest BCUT2D eigenvalue weighted by molar-refractivity contribution is -0.129. The average molecular weight is 425 g/mol. The van der Waals surface area contributed by atoms with Crippen LogP contribution in [0.5, 0.6) is 0 Å². The van der Waals surface area contributed by atoms with Crippen molar-refractivity contribution in [2.45, 2.75) is 38.3 Å². The van der Waals surface area contributed by atoms with Crippen molar-refractivity contribution in [1.29, 1.82) is 0 Å². The molecule has 2 fully saturated rings. The van der Waals surface area contributed by atoms with Crippen LogP contribution in [0.2, 0.25) is 0 Å².